The van der Waals surface area contributed by atoms with Gasteiger partial charge < -0.3 is 5.11 Å². The lowest BCUT2D eigenvalue weighted by Gasteiger charge is -2.24. The van der Waals surface area contributed by atoms with E-state index in [1.807, 2.05) is 6.92 Å². The number of aromatic hydroxyl groups is 1. The number of nitrogens with one attached hydrogen (secondary N) is 1. The highest BCUT2D eigenvalue weighted by atomic mass is 32.2. The van der Waals surface area contributed by atoms with Crippen LogP contribution in [0.2, 0.25) is 0 Å². The Bertz CT molecular complexity index is 466. The molecule has 1 rings (SSSR count). The lowest BCUT2D eigenvalue weighted by molar-refractivity contribution is 0.432. The zero-order valence-electron chi connectivity index (χ0n) is 9.69. The molecule has 5 heteroatoms. The minimum Gasteiger partial charge on any atom is -0.507 e. The largest absolute Gasteiger partial charge is 0.507 e. The zero-order chi connectivity index (χ0) is 12.4. The third-order valence-electron chi connectivity index (χ3n) is 2.45. The molecule has 0 aliphatic carbocycles. The highest BCUT2D eigenvalue weighted by molar-refractivity contribution is 7.89. The maximum atomic E-state index is 12.0. The number of rotatable bonds is 4. The van der Waals surface area contributed by atoms with Crippen molar-refractivity contribution in [1.29, 1.82) is 0 Å². The molecule has 16 heavy (non-hydrogen) atoms. The highest BCUT2D eigenvalue weighted by Gasteiger charge is 2.26. The number of sulfonamides is 1. The molecule has 0 atom stereocenters. The van der Waals surface area contributed by atoms with Crippen molar-refractivity contribution in [3.8, 4) is 5.75 Å². The molecule has 0 saturated carbocycles. The van der Waals surface area contributed by atoms with E-state index in [-0.39, 0.29) is 10.6 Å². The summed E-state index contributed by atoms with van der Waals surface area (Å²) in [5, 5.41) is 9.50. The monoisotopic (exact) mass is 243 g/mol. The van der Waals surface area contributed by atoms with Gasteiger partial charge in [0.05, 0.1) is 0 Å². The zero-order valence-corrected chi connectivity index (χ0v) is 10.5. The van der Waals surface area contributed by atoms with Gasteiger partial charge in [0, 0.05) is 5.54 Å². The molecule has 2 N–H and O–H groups in total. The van der Waals surface area contributed by atoms with Crippen molar-refractivity contribution in [2.45, 2.75) is 37.6 Å². The average Bonchev–Trinajstić information content (AvgIpc) is 2.16. The predicted octanol–water partition coefficient (Wildman–Crippen LogP) is 1.86. The first-order chi connectivity index (χ1) is 7.28. The Kier molecular flexibility index (Phi) is 3.60. The molecule has 0 heterocycles. The van der Waals surface area contributed by atoms with Crippen molar-refractivity contribution in [3.05, 3.63) is 24.3 Å². The smallest absolute Gasteiger partial charge is 0.244 e. The summed E-state index contributed by atoms with van der Waals surface area (Å²) in [7, 11) is -3.66. The lowest BCUT2D eigenvalue weighted by Crippen LogP contribution is -2.42. The van der Waals surface area contributed by atoms with E-state index >= 15 is 0 Å². The Labute approximate surface area is 96.4 Å². The number of para-hydroxylation sites is 1. The van der Waals surface area contributed by atoms with Gasteiger partial charge in [0.15, 0.2) is 0 Å². The Morgan fingerprint density at radius 3 is 2.38 bits per heavy atom. The van der Waals surface area contributed by atoms with Crippen LogP contribution in [0.3, 0.4) is 0 Å². The Morgan fingerprint density at radius 1 is 1.31 bits per heavy atom. The van der Waals surface area contributed by atoms with E-state index in [2.05, 4.69) is 4.72 Å². The molecule has 0 aliphatic heterocycles. The first-order valence-corrected chi connectivity index (χ1v) is 6.59. The van der Waals surface area contributed by atoms with Crippen molar-refractivity contribution in [2.75, 3.05) is 0 Å². The molecule has 0 unspecified atom stereocenters. The minimum atomic E-state index is -3.66. The van der Waals surface area contributed by atoms with Gasteiger partial charge in [0.1, 0.15) is 10.6 Å². The van der Waals surface area contributed by atoms with E-state index in [4.69, 9.17) is 0 Å². The van der Waals surface area contributed by atoms with Gasteiger partial charge >= 0.3 is 0 Å². The van der Waals surface area contributed by atoms with Crippen molar-refractivity contribution in [3.63, 3.8) is 0 Å². The summed E-state index contributed by atoms with van der Waals surface area (Å²) >= 11 is 0. The molecule has 1 aromatic carbocycles. The van der Waals surface area contributed by atoms with Gasteiger partial charge in [0.2, 0.25) is 10.0 Å². The molecule has 0 aliphatic rings. The van der Waals surface area contributed by atoms with Crippen LogP contribution in [-0.4, -0.2) is 19.1 Å². The first-order valence-electron chi connectivity index (χ1n) is 5.10. The molecule has 0 amide bonds. The van der Waals surface area contributed by atoms with Crippen molar-refractivity contribution in [2.24, 2.45) is 0 Å². The summed E-state index contributed by atoms with van der Waals surface area (Å²) in [6.45, 7) is 5.49. The second kappa shape index (κ2) is 4.43. The summed E-state index contributed by atoms with van der Waals surface area (Å²) in [6, 6.07) is 5.89. The SMILES string of the molecule is CCC(C)(C)NS(=O)(=O)c1ccccc1O. The standard InChI is InChI=1S/C11H17NO3S/c1-4-11(2,3)12-16(14,15)10-8-6-5-7-9(10)13/h5-8,12-13H,4H2,1-3H3. The van der Waals surface area contributed by atoms with E-state index in [1.165, 1.54) is 12.1 Å². The van der Waals surface area contributed by atoms with Gasteiger partial charge in [-0.1, -0.05) is 19.1 Å². The molecule has 0 aromatic heterocycles. The fraction of sp³-hybridized carbons (Fsp3) is 0.455. The summed E-state index contributed by atoms with van der Waals surface area (Å²) in [5.74, 6) is -0.234. The summed E-state index contributed by atoms with van der Waals surface area (Å²) in [5.41, 5.74) is -0.527. The average molecular weight is 243 g/mol. The number of hydrogen-bond acceptors (Lipinski definition) is 3. The van der Waals surface area contributed by atoms with Crippen LogP contribution in [0, 0.1) is 0 Å². The van der Waals surface area contributed by atoms with E-state index in [1.54, 1.807) is 26.0 Å². The van der Waals surface area contributed by atoms with Gasteiger partial charge in [-0.2, -0.15) is 0 Å². The molecule has 4 nitrogen and oxygen atoms in total. The van der Waals surface area contributed by atoms with E-state index in [0.717, 1.165) is 0 Å². The third kappa shape index (κ3) is 2.96. The predicted molar refractivity (Wildman–Crippen MR) is 62.8 cm³/mol. The van der Waals surface area contributed by atoms with Crippen LogP contribution in [0.25, 0.3) is 0 Å². The van der Waals surface area contributed by atoms with Crippen LogP contribution in [0.4, 0.5) is 0 Å². The van der Waals surface area contributed by atoms with Crippen LogP contribution in [-0.2, 0) is 10.0 Å². The quantitative estimate of drug-likeness (QED) is 0.848. The van der Waals surface area contributed by atoms with Crippen molar-refractivity contribution >= 4 is 10.0 Å². The minimum absolute atomic E-state index is 0.0866. The van der Waals surface area contributed by atoms with E-state index in [0.29, 0.717) is 6.42 Å². The molecule has 0 fully saturated rings. The second-order valence-electron chi connectivity index (χ2n) is 4.31. The van der Waals surface area contributed by atoms with Crippen LogP contribution in [0.5, 0.6) is 5.75 Å². The molecule has 90 valence electrons. The van der Waals surface area contributed by atoms with Gasteiger partial charge in [-0.15, -0.1) is 0 Å². The van der Waals surface area contributed by atoms with Gasteiger partial charge in [-0.3, -0.25) is 0 Å². The highest BCUT2D eigenvalue weighted by Crippen LogP contribution is 2.23. The van der Waals surface area contributed by atoms with Gasteiger partial charge in [0.25, 0.3) is 0 Å². The fourth-order valence-corrected chi connectivity index (χ4v) is 2.76. The van der Waals surface area contributed by atoms with Crippen LogP contribution < -0.4 is 4.72 Å². The fourth-order valence-electron chi connectivity index (χ4n) is 1.18. The maximum Gasteiger partial charge on any atom is 0.244 e. The van der Waals surface area contributed by atoms with Gasteiger partial charge in [-0.25, -0.2) is 13.1 Å². The molecule has 0 spiro atoms. The molecule has 0 saturated heterocycles. The summed E-state index contributed by atoms with van der Waals surface area (Å²) in [4.78, 5) is -0.0866. The van der Waals surface area contributed by atoms with Crippen LogP contribution in [0.15, 0.2) is 29.2 Å². The Balaban J connectivity index is 3.09. The molecule has 0 bridgehead atoms. The molecule has 1 aromatic rings. The molecular formula is C11H17NO3S. The number of phenolic OH excluding ortho intramolecular Hbond substituents is 1. The third-order valence-corrected chi connectivity index (χ3v) is 4.19. The maximum absolute atomic E-state index is 12.0. The van der Waals surface area contributed by atoms with Crippen molar-refractivity contribution in [1.82, 2.24) is 4.72 Å². The molecular weight excluding hydrogens is 226 g/mol. The summed E-state index contributed by atoms with van der Waals surface area (Å²) < 4.78 is 26.5. The summed E-state index contributed by atoms with van der Waals surface area (Å²) in [6.07, 6.45) is 0.666. The molecule has 0 radical (unpaired) electrons. The number of phenols is 1. The number of benzene rings is 1. The topological polar surface area (TPSA) is 66.4 Å². The second-order valence-corrected chi connectivity index (χ2v) is 5.96. The van der Waals surface area contributed by atoms with Crippen LogP contribution >= 0.6 is 0 Å². The van der Waals surface area contributed by atoms with E-state index in [9.17, 15) is 13.5 Å². The van der Waals surface area contributed by atoms with Crippen LogP contribution in [0.1, 0.15) is 27.2 Å². The normalized spacial score (nSPS) is 12.7. The lowest BCUT2D eigenvalue weighted by atomic mass is 10.0. The van der Waals surface area contributed by atoms with Crippen molar-refractivity contribution < 1.29 is 13.5 Å². The first kappa shape index (κ1) is 13.0. The van der Waals surface area contributed by atoms with Gasteiger partial charge in [-0.05, 0) is 32.4 Å². The number of hydrogen-bond donors (Lipinski definition) is 2. The Morgan fingerprint density at radius 2 is 1.88 bits per heavy atom. The van der Waals surface area contributed by atoms with E-state index < -0.39 is 15.6 Å². The Hall–Kier alpha value is -1.07.